The molecule has 3 aromatic rings. The van der Waals surface area contributed by atoms with E-state index in [4.69, 9.17) is 0 Å². The zero-order chi connectivity index (χ0) is 23.8. The van der Waals surface area contributed by atoms with E-state index in [1.807, 2.05) is 41.3 Å². The number of carbonyl (C=O) groups excluding carboxylic acids is 1. The van der Waals surface area contributed by atoms with Gasteiger partial charge in [0.15, 0.2) is 0 Å². The van der Waals surface area contributed by atoms with Crippen molar-refractivity contribution >= 4 is 15.9 Å². The van der Waals surface area contributed by atoms with Gasteiger partial charge in [-0.15, -0.1) is 0 Å². The van der Waals surface area contributed by atoms with Crippen LogP contribution in [0.3, 0.4) is 0 Å². The number of nitrogens with zero attached hydrogens (tertiary/aromatic N) is 2. The molecule has 3 aromatic carbocycles. The molecule has 0 N–H and O–H groups in total. The number of hydrogen-bond acceptors (Lipinski definition) is 3. The summed E-state index contributed by atoms with van der Waals surface area (Å²) in [6.45, 7) is 1.48. The van der Waals surface area contributed by atoms with Crippen LogP contribution in [0.1, 0.15) is 24.0 Å². The average molecular weight is 477 g/mol. The molecule has 0 bridgehead atoms. The summed E-state index contributed by atoms with van der Waals surface area (Å²) in [4.78, 5) is 15.2. The van der Waals surface area contributed by atoms with E-state index in [-0.39, 0.29) is 23.9 Å². The quantitative estimate of drug-likeness (QED) is 0.460. The van der Waals surface area contributed by atoms with E-state index < -0.39 is 10.0 Å². The second-order valence-electron chi connectivity index (χ2n) is 8.90. The van der Waals surface area contributed by atoms with E-state index in [1.165, 1.54) is 9.87 Å². The predicted octanol–water partition coefficient (Wildman–Crippen LogP) is 4.40. The second kappa shape index (κ2) is 11.4. The first-order chi connectivity index (χ1) is 16.5. The third-order valence-electron chi connectivity index (χ3n) is 6.52. The zero-order valence-electron chi connectivity index (χ0n) is 19.4. The third-order valence-corrected chi connectivity index (χ3v) is 8.38. The van der Waals surface area contributed by atoms with Crippen molar-refractivity contribution in [2.75, 3.05) is 26.2 Å². The number of amides is 1. The summed E-state index contributed by atoms with van der Waals surface area (Å²) in [6.07, 6.45) is 3.46. The Balaban J connectivity index is 1.40. The minimum atomic E-state index is -3.77. The summed E-state index contributed by atoms with van der Waals surface area (Å²) in [5, 5.41) is 0. The van der Waals surface area contributed by atoms with Gasteiger partial charge in [0, 0.05) is 19.6 Å². The molecule has 1 aliphatic rings. The van der Waals surface area contributed by atoms with Gasteiger partial charge in [-0.05, 0) is 54.9 Å². The van der Waals surface area contributed by atoms with E-state index in [1.54, 1.807) is 30.3 Å². The molecular weight excluding hydrogens is 444 g/mol. The van der Waals surface area contributed by atoms with Gasteiger partial charge in [-0.2, -0.15) is 4.31 Å². The normalized spacial score (nSPS) is 14.9. The minimum Gasteiger partial charge on any atom is -0.342 e. The summed E-state index contributed by atoms with van der Waals surface area (Å²) < 4.78 is 28.1. The van der Waals surface area contributed by atoms with Crippen molar-refractivity contribution in [1.29, 1.82) is 0 Å². The van der Waals surface area contributed by atoms with E-state index >= 15 is 0 Å². The molecule has 0 saturated carbocycles. The molecule has 0 atom stereocenters. The lowest BCUT2D eigenvalue weighted by Crippen LogP contribution is -2.46. The van der Waals surface area contributed by atoms with Gasteiger partial charge >= 0.3 is 0 Å². The Morgan fingerprint density at radius 2 is 1.32 bits per heavy atom. The first kappa shape index (κ1) is 24.2. The maximum absolute atomic E-state index is 13.4. The summed E-state index contributed by atoms with van der Waals surface area (Å²) in [7, 11) is -3.77. The van der Waals surface area contributed by atoms with E-state index in [0.717, 1.165) is 24.8 Å². The number of sulfonamides is 1. The first-order valence-electron chi connectivity index (χ1n) is 11.9. The molecule has 34 heavy (non-hydrogen) atoms. The van der Waals surface area contributed by atoms with E-state index in [0.29, 0.717) is 25.4 Å². The van der Waals surface area contributed by atoms with E-state index in [9.17, 15) is 13.2 Å². The van der Waals surface area contributed by atoms with Crippen LogP contribution in [0.5, 0.6) is 0 Å². The van der Waals surface area contributed by atoms with Crippen LogP contribution in [0.2, 0.25) is 0 Å². The van der Waals surface area contributed by atoms with Crippen LogP contribution < -0.4 is 0 Å². The Morgan fingerprint density at radius 1 is 0.794 bits per heavy atom. The summed E-state index contributed by atoms with van der Waals surface area (Å²) in [6, 6.07) is 28.6. The molecular formula is C28H32N2O3S. The van der Waals surface area contributed by atoms with Crippen molar-refractivity contribution in [2.45, 2.75) is 30.6 Å². The smallest absolute Gasteiger partial charge is 0.243 e. The van der Waals surface area contributed by atoms with Gasteiger partial charge in [0.05, 0.1) is 11.4 Å². The number of likely N-dealkylation sites (tertiary alicyclic amines) is 1. The summed E-state index contributed by atoms with van der Waals surface area (Å²) in [5.41, 5.74) is 2.37. The largest absolute Gasteiger partial charge is 0.342 e. The molecule has 0 radical (unpaired) electrons. The molecule has 6 heteroatoms. The predicted molar refractivity (Wildman–Crippen MR) is 135 cm³/mol. The highest BCUT2D eigenvalue weighted by Crippen LogP contribution is 2.23. The highest BCUT2D eigenvalue weighted by Gasteiger charge is 2.30. The lowest BCUT2D eigenvalue weighted by atomic mass is 9.90. The van der Waals surface area contributed by atoms with Crippen molar-refractivity contribution in [3.63, 3.8) is 0 Å². The Kier molecular flexibility index (Phi) is 8.14. The number of benzene rings is 3. The Hall–Kier alpha value is -2.96. The van der Waals surface area contributed by atoms with Gasteiger partial charge in [-0.1, -0.05) is 78.9 Å². The monoisotopic (exact) mass is 476 g/mol. The number of carbonyl (C=O) groups is 1. The van der Waals surface area contributed by atoms with Gasteiger partial charge in [0.2, 0.25) is 15.9 Å². The Labute approximate surface area is 203 Å². The Morgan fingerprint density at radius 3 is 1.91 bits per heavy atom. The van der Waals surface area contributed by atoms with Crippen molar-refractivity contribution in [3.8, 4) is 0 Å². The van der Waals surface area contributed by atoms with Crippen LogP contribution in [0.25, 0.3) is 0 Å². The lowest BCUT2D eigenvalue weighted by Gasteiger charge is -2.33. The molecule has 0 aliphatic carbocycles. The topological polar surface area (TPSA) is 57.7 Å². The van der Waals surface area contributed by atoms with Gasteiger partial charge in [-0.25, -0.2) is 8.42 Å². The van der Waals surface area contributed by atoms with Crippen molar-refractivity contribution < 1.29 is 13.2 Å². The first-order valence-corrected chi connectivity index (χ1v) is 13.4. The molecule has 0 aromatic heterocycles. The van der Waals surface area contributed by atoms with Gasteiger partial charge in [0.25, 0.3) is 0 Å². The van der Waals surface area contributed by atoms with Crippen LogP contribution in [-0.2, 0) is 27.7 Å². The molecule has 1 amide bonds. The molecule has 1 fully saturated rings. The van der Waals surface area contributed by atoms with Crippen LogP contribution in [-0.4, -0.2) is 49.7 Å². The molecule has 5 nitrogen and oxygen atoms in total. The molecule has 1 heterocycles. The van der Waals surface area contributed by atoms with Crippen LogP contribution in [0.4, 0.5) is 0 Å². The fraction of sp³-hybridized carbons (Fsp3) is 0.321. The maximum Gasteiger partial charge on any atom is 0.243 e. The van der Waals surface area contributed by atoms with Crippen molar-refractivity contribution in [2.24, 2.45) is 5.92 Å². The van der Waals surface area contributed by atoms with Crippen LogP contribution in [0.15, 0.2) is 95.9 Å². The minimum absolute atomic E-state index is 0.120. The second-order valence-corrected chi connectivity index (χ2v) is 10.8. The molecule has 4 rings (SSSR count). The summed E-state index contributed by atoms with van der Waals surface area (Å²) in [5.74, 6) is 0.430. The number of hydrogen-bond donors (Lipinski definition) is 0. The van der Waals surface area contributed by atoms with E-state index in [2.05, 4.69) is 24.3 Å². The molecule has 1 aliphatic heterocycles. The average Bonchev–Trinajstić information content (AvgIpc) is 2.88. The highest BCUT2D eigenvalue weighted by molar-refractivity contribution is 7.89. The lowest BCUT2D eigenvalue weighted by molar-refractivity contribution is -0.132. The SMILES string of the molecule is O=C(CN(CCc1ccccc1)S(=O)(=O)c1ccccc1)N1CCC(Cc2ccccc2)CC1. The number of rotatable bonds is 9. The van der Waals surface area contributed by atoms with Gasteiger partial charge in [-0.3, -0.25) is 4.79 Å². The number of piperidine rings is 1. The zero-order valence-corrected chi connectivity index (χ0v) is 20.2. The molecule has 0 unspecified atom stereocenters. The standard InChI is InChI=1S/C28H32N2O3S/c31-28(29-19-16-26(17-20-29)22-25-12-6-2-7-13-25)23-30(21-18-24-10-4-1-5-11-24)34(32,33)27-14-8-3-9-15-27/h1-15,26H,16-23H2. The van der Waals surface area contributed by atoms with Crippen LogP contribution >= 0.6 is 0 Å². The van der Waals surface area contributed by atoms with Crippen molar-refractivity contribution in [3.05, 3.63) is 102 Å². The van der Waals surface area contributed by atoms with Gasteiger partial charge < -0.3 is 4.90 Å². The highest BCUT2D eigenvalue weighted by atomic mass is 32.2. The molecule has 178 valence electrons. The fourth-order valence-corrected chi connectivity index (χ4v) is 5.92. The van der Waals surface area contributed by atoms with Gasteiger partial charge in [0.1, 0.15) is 0 Å². The third kappa shape index (κ3) is 6.33. The Bertz CT molecular complexity index is 1140. The maximum atomic E-state index is 13.4. The fourth-order valence-electron chi connectivity index (χ4n) is 4.51. The molecule has 1 saturated heterocycles. The summed E-state index contributed by atoms with van der Waals surface area (Å²) >= 11 is 0. The van der Waals surface area contributed by atoms with Crippen molar-refractivity contribution in [1.82, 2.24) is 9.21 Å². The van der Waals surface area contributed by atoms with Crippen LogP contribution in [0, 0.1) is 5.92 Å². The molecule has 0 spiro atoms.